The number of aryl methyl sites for hydroxylation is 2. The number of fused-ring (bicyclic) bond motifs is 1. The monoisotopic (exact) mass is 291 g/mol. The van der Waals surface area contributed by atoms with E-state index in [-0.39, 0.29) is 0 Å². The summed E-state index contributed by atoms with van der Waals surface area (Å²) in [6.45, 7) is 3.91. The van der Waals surface area contributed by atoms with Crippen LogP contribution in [0.5, 0.6) is 0 Å². The molecule has 0 aliphatic heterocycles. The number of hydrogen-bond donors (Lipinski definition) is 0. The van der Waals surface area contributed by atoms with Crippen LogP contribution in [0.3, 0.4) is 0 Å². The van der Waals surface area contributed by atoms with Gasteiger partial charge in [0.1, 0.15) is 10.3 Å². The summed E-state index contributed by atoms with van der Waals surface area (Å²) >= 11 is 12.7. The quantitative estimate of drug-likeness (QED) is 0.625. The fourth-order valence-electron chi connectivity index (χ4n) is 2.13. The van der Waals surface area contributed by atoms with Crippen LogP contribution in [-0.4, -0.2) is 14.6 Å². The molecule has 0 spiro atoms. The maximum absolute atomic E-state index is 6.44. The summed E-state index contributed by atoms with van der Waals surface area (Å²) in [5, 5.41) is 5.21. The minimum absolute atomic E-state index is 0.395. The standard InChI is InChI=1S/C14H11Cl2N3/c1-8-5-3-4-6-10(8)12-13(15)17-11-7-9(2)18-19(11)14(12)16/h3-7H,1-2H3. The van der Waals surface area contributed by atoms with Crippen molar-refractivity contribution in [3.63, 3.8) is 0 Å². The Morgan fingerprint density at radius 3 is 2.58 bits per heavy atom. The van der Waals surface area contributed by atoms with Crippen molar-refractivity contribution >= 4 is 28.8 Å². The highest BCUT2D eigenvalue weighted by Gasteiger charge is 2.16. The van der Waals surface area contributed by atoms with Crippen LogP contribution in [0.4, 0.5) is 0 Å². The second-order valence-electron chi connectivity index (χ2n) is 4.44. The summed E-state index contributed by atoms with van der Waals surface area (Å²) in [7, 11) is 0. The molecule has 0 N–H and O–H groups in total. The smallest absolute Gasteiger partial charge is 0.158 e. The number of aromatic nitrogens is 3. The van der Waals surface area contributed by atoms with E-state index in [1.54, 1.807) is 4.52 Å². The molecule has 0 fully saturated rings. The first kappa shape index (κ1) is 12.5. The van der Waals surface area contributed by atoms with E-state index in [1.165, 1.54) is 0 Å². The molecule has 2 aromatic heterocycles. The minimum atomic E-state index is 0.395. The Morgan fingerprint density at radius 1 is 1.11 bits per heavy atom. The SMILES string of the molecule is Cc1cc2nc(Cl)c(-c3ccccc3C)c(Cl)n2n1. The lowest BCUT2D eigenvalue weighted by Gasteiger charge is -2.10. The van der Waals surface area contributed by atoms with Gasteiger partial charge in [0.05, 0.1) is 11.3 Å². The van der Waals surface area contributed by atoms with Gasteiger partial charge in [-0.2, -0.15) is 5.10 Å². The lowest BCUT2D eigenvalue weighted by Crippen LogP contribution is -1.98. The van der Waals surface area contributed by atoms with E-state index in [0.29, 0.717) is 16.0 Å². The molecule has 0 aliphatic carbocycles. The lowest BCUT2D eigenvalue weighted by molar-refractivity contribution is 0.919. The van der Waals surface area contributed by atoms with Gasteiger partial charge in [0, 0.05) is 6.07 Å². The number of nitrogens with zero attached hydrogens (tertiary/aromatic N) is 3. The van der Waals surface area contributed by atoms with Crippen LogP contribution in [0.15, 0.2) is 30.3 Å². The van der Waals surface area contributed by atoms with Crippen LogP contribution in [0.2, 0.25) is 10.3 Å². The van der Waals surface area contributed by atoms with Crippen molar-refractivity contribution in [3.05, 3.63) is 51.9 Å². The maximum Gasteiger partial charge on any atom is 0.158 e. The molecule has 5 heteroatoms. The molecule has 0 saturated carbocycles. The van der Waals surface area contributed by atoms with Gasteiger partial charge in [0.15, 0.2) is 5.65 Å². The van der Waals surface area contributed by atoms with Crippen molar-refractivity contribution in [3.8, 4) is 11.1 Å². The molecule has 3 nitrogen and oxygen atoms in total. The topological polar surface area (TPSA) is 30.2 Å². The predicted molar refractivity (Wildman–Crippen MR) is 77.9 cm³/mol. The van der Waals surface area contributed by atoms with Crippen molar-refractivity contribution in [1.29, 1.82) is 0 Å². The number of halogens is 2. The van der Waals surface area contributed by atoms with Gasteiger partial charge in [-0.1, -0.05) is 47.5 Å². The molecule has 3 rings (SSSR count). The Morgan fingerprint density at radius 2 is 1.84 bits per heavy atom. The highest BCUT2D eigenvalue weighted by molar-refractivity contribution is 6.38. The third-order valence-corrected chi connectivity index (χ3v) is 3.66. The Kier molecular flexibility index (Phi) is 2.96. The summed E-state index contributed by atoms with van der Waals surface area (Å²) in [6.07, 6.45) is 0. The van der Waals surface area contributed by atoms with Crippen LogP contribution in [0.1, 0.15) is 11.3 Å². The zero-order valence-corrected chi connectivity index (χ0v) is 12.0. The molecule has 0 bridgehead atoms. The Bertz CT molecular complexity index is 778. The van der Waals surface area contributed by atoms with E-state index in [0.717, 1.165) is 22.4 Å². The van der Waals surface area contributed by atoms with Crippen LogP contribution < -0.4 is 0 Å². The molecular formula is C14H11Cl2N3. The van der Waals surface area contributed by atoms with E-state index in [9.17, 15) is 0 Å². The Balaban J connectivity index is 2.38. The molecule has 0 aliphatic rings. The zero-order chi connectivity index (χ0) is 13.6. The van der Waals surface area contributed by atoms with Crippen molar-refractivity contribution in [1.82, 2.24) is 14.6 Å². The van der Waals surface area contributed by atoms with Crippen molar-refractivity contribution < 1.29 is 0 Å². The maximum atomic E-state index is 6.44. The number of rotatable bonds is 1. The Labute approximate surface area is 120 Å². The Hall–Kier alpha value is -1.58. The third-order valence-electron chi connectivity index (χ3n) is 3.04. The minimum Gasteiger partial charge on any atom is -0.216 e. The number of benzene rings is 1. The highest BCUT2D eigenvalue weighted by atomic mass is 35.5. The van der Waals surface area contributed by atoms with Crippen LogP contribution in [0, 0.1) is 13.8 Å². The zero-order valence-electron chi connectivity index (χ0n) is 10.5. The molecule has 0 radical (unpaired) electrons. The summed E-state index contributed by atoms with van der Waals surface area (Å²) in [5.41, 5.74) is 4.30. The fourth-order valence-corrected chi connectivity index (χ4v) is 2.78. The van der Waals surface area contributed by atoms with Crippen LogP contribution in [0.25, 0.3) is 16.8 Å². The first-order valence-corrected chi connectivity index (χ1v) is 6.61. The molecule has 0 amide bonds. The van der Waals surface area contributed by atoms with Crippen LogP contribution in [-0.2, 0) is 0 Å². The van der Waals surface area contributed by atoms with E-state index in [2.05, 4.69) is 10.1 Å². The molecule has 19 heavy (non-hydrogen) atoms. The summed E-state index contributed by atoms with van der Waals surface area (Å²) in [6, 6.07) is 9.77. The van der Waals surface area contributed by atoms with Crippen molar-refractivity contribution in [2.45, 2.75) is 13.8 Å². The van der Waals surface area contributed by atoms with Gasteiger partial charge in [-0.15, -0.1) is 0 Å². The largest absolute Gasteiger partial charge is 0.216 e. The van der Waals surface area contributed by atoms with Gasteiger partial charge in [0.25, 0.3) is 0 Å². The lowest BCUT2D eigenvalue weighted by atomic mass is 10.0. The van der Waals surface area contributed by atoms with E-state index in [1.807, 2.05) is 44.2 Å². The predicted octanol–water partition coefficient (Wildman–Crippen LogP) is 4.32. The van der Waals surface area contributed by atoms with Gasteiger partial charge >= 0.3 is 0 Å². The van der Waals surface area contributed by atoms with Gasteiger partial charge in [-0.3, -0.25) is 0 Å². The average Bonchev–Trinajstić information content (AvgIpc) is 2.72. The van der Waals surface area contributed by atoms with Crippen molar-refractivity contribution in [2.75, 3.05) is 0 Å². The van der Waals surface area contributed by atoms with Gasteiger partial charge < -0.3 is 0 Å². The average molecular weight is 292 g/mol. The molecule has 0 atom stereocenters. The summed E-state index contributed by atoms with van der Waals surface area (Å²) in [4.78, 5) is 4.36. The molecular weight excluding hydrogens is 281 g/mol. The van der Waals surface area contributed by atoms with Gasteiger partial charge in [0.2, 0.25) is 0 Å². The molecule has 0 saturated heterocycles. The van der Waals surface area contributed by atoms with E-state index in [4.69, 9.17) is 23.2 Å². The third kappa shape index (κ3) is 1.99. The first-order valence-electron chi connectivity index (χ1n) is 5.85. The highest BCUT2D eigenvalue weighted by Crippen LogP contribution is 2.35. The summed E-state index contributed by atoms with van der Waals surface area (Å²) < 4.78 is 1.62. The second-order valence-corrected chi connectivity index (χ2v) is 5.16. The van der Waals surface area contributed by atoms with Gasteiger partial charge in [-0.25, -0.2) is 9.50 Å². The van der Waals surface area contributed by atoms with Gasteiger partial charge in [-0.05, 0) is 25.0 Å². The van der Waals surface area contributed by atoms with E-state index < -0.39 is 0 Å². The molecule has 3 aromatic rings. The molecule has 0 unspecified atom stereocenters. The normalized spacial score (nSPS) is 11.2. The van der Waals surface area contributed by atoms with Crippen LogP contribution >= 0.6 is 23.2 Å². The first-order chi connectivity index (χ1) is 9.08. The molecule has 1 aromatic carbocycles. The number of hydrogen-bond acceptors (Lipinski definition) is 2. The molecule has 2 heterocycles. The fraction of sp³-hybridized carbons (Fsp3) is 0.143. The second kappa shape index (κ2) is 4.51. The van der Waals surface area contributed by atoms with Crippen molar-refractivity contribution in [2.24, 2.45) is 0 Å². The van der Waals surface area contributed by atoms with E-state index >= 15 is 0 Å². The molecule has 96 valence electrons. The summed E-state index contributed by atoms with van der Waals surface area (Å²) in [5.74, 6) is 0.